The number of benzene rings is 1. The summed E-state index contributed by atoms with van der Waals surface area (Å²) in [6.07, 6.45) is 2.51. The summed E-state index contributed by atoms with van der Waals surface area (Å²) in [7, 11) is 0. The number of anilines is 1. The van der Waals surface area contributed by atoms with Crippen molar-refractivity contribution in [2.24, 2.45) is 5.92 Å². The Morgan fingerprint density at radius 2 is 2.12 bits per heavy atom. The molecule has 1 fully saturated rings. The largest absolute Gasteiger partial charge is 0.369 e. The van der Waals surface area contributed by atoms with E-state index in [2.05, 4.69) is 24.8 Å². The van der Waals surface area contributed by atoms with Crippen molar-refractivity contribution in [2.45, 2.75) is 38.6 Å². The molecule has 1 aliphatic heterocycles. The van der Waals surface area contributed by atoms with Crippen LogP contribution >= 0.6 is 23.2 Å². The van der Waals surface area contributed by atoms with Gasteiger partial charge in [0.05, 0.1) is 0 Å². The number of halogens is 2. The fourth-order valence-corrected chi connectivity index (χ4v) is 3.12. The van der Waals surface area contributed by atoms with E-state index >= 15 is 0 Å². The van der Waals surface area contributed by atoms with Crippen molar-refractivity contribution in [3.63, 3.8) is 0 Å². The van der Waals surface area contributed by atoms with Crippen molar-refractivity contribution in [1.29, 1.82) is 0 Å². The van der Waals surface area contributed by atoms with Gasteiger partial charge in [-0.25, -0.2) is 0 Å². The summed E-state index contributed by atoms with van der Waals surface area (Å²) >= 11 is 12.0. The lowest BCUT2D eigenvalue weighted by Gasteiger charge is -2.39. The van der Waals surface area contributed by atoms with Crippen molar-refractivity contribution in [3.8, 4) is 0 Å². The first kappa shape index (κ1) is 13.0. The second-order valence-electron chi connectivity index (χ2n) is 5.08. The van der Waals surface area contributed by atoms with Gasteiger partial charge in [0.2, 0.25) is 0 Å². The minimum absolute atomic E-state index is 0.522. The van der Waals surface area contributed by atoms with E-state index in [-0.39, 0.29) is 0 Å². The van der Waals surface area contributed by atoms with E-state index in [0.29, 0.717) is 11.9 Å². The van der Waals surface area contributed by atoms with Crippen molar-refractivity contribution < 1.29 is 0 Å². The highest BCUT2D eigenvalue weighted by Gasteiger charge is 2.24. The Morgan fingerprint density at radius 3 is 2.76 bits per heavy atom. The van der Waals surface area contributed by atoms with Crippen LogP contribution in [0.4, 0.5) is 5.69 Å². The standard InChI is InChI=1S/C14H19Cl2N/c1-10-5-6-17(11(2)7-10)14-4-3-13(16)8-12(14)9-15/h3-4,8,10-11H,5-7,9H2,1-2H3. The zero-order chi connectivity index (χ0) is 12.4. The second-order valence-corrected chi connectivity index (χ2v) is 5.78. The topological polar surface area (TPSA) is 3.24 Å². The Labute approximate surface area is 114 Å². The lowest BCUT2D eigenvalue weighted by molar-refractivity contribution is 0.377. The number of nitrogens with zero attached hydrogens (tertiary/aromatic N) is 1. The monoisotopic (exact) mass is 271 g/mol. The highest BCUT2D eigenvalue weighted by atomic mass is 35.5. The minimum Gasteiger partial charge on any atom is -0.369 e. The molecule has 1 saturated heterocycles. The molecule has 1 aliphatic rings. The fourth-order valence-electron chi connectivity index (χ4n) is 2.71. The van der Waals surface area contributed by atoms with E-state index in [0.717, 1.165) is 23.0 Å². The molecule has 0 spiro atoms. The third-order valence-electron chi connectivity index (χ3n) is 3.63. The van der Waals surface area contributed by atoms with Crippen LogP contribution in [0.3, 0.4) is 0 Å². The van der Waals surface area contributed by atoms with Gasteiger partial charge in [-0.2, -0.15) is 0 Å². The van der Waals surface area contributed by atoms with Crippen LogP contribution in [0.5, 0.6) is 0 Å². The summed E-state index contributed by atoms with van der Waals surface area (Å²) in [5.41, 5.74) is 2.39. The van der Waals surface area contributed by atoms with Gasteiger partial charge < -0.3 is 4.90 Å². The lowest BCUT2D eigenvalue weighted by Crippen LogP contribution is -2.40. The van der Waals surface area contributed by atoms with Gasteiger partial charge in [0.1, 0.15) is 0 Å². The summed E-state index contributed by atoms with van der Waals surface area (Å²) < 4.78 is 0. The van der Waals surface area contributed by atoms with Crippen molar-refractivity contribution in [2.75, 3.05) is 11.4 Å². The first-order valence-corrected chi connectivity index (χ1v) is 7.14. The molecule has 2 rings (SSSR count). The summed E-state index contributed by atoms with van der Waals surface area (Å²) in [5, 5.41) is 0.766. The van der Waals surface area contributed by atoms with Crippen LogP contribution in [0, 0.1) is 5.92 Å². The summed E-state index contributed by atoms with van der Waals surface area (Å²) in [4.78, 5) is 2.47. The van der Waals surface area contributed by atoms with Gasteiger partial charge in [-0.1, -0.05) is 18.5 Å². The van der Waals surface area contributed by atoms with E-state index in [1.807, 2.05) is 12.1 Å². The molecule has 0 aromatic heterocycles. The molecule has 0 N–H and O–H groups in total. The molecule has 17 heavy (non-hydrogen) atoms. The van der Waals surface area contributed by atoms with E-state index in [1.54, 1.807) is 0 Å². The SMILES string of the molecule is CC1CCN(c2ccc(Cl)cc2CCl)C(C)C1. The van der Waals surface area contributed by atoms with E-state index < -0.39 is 0 Å². The van der Waals surface area contributed by atoms with Gasteiger partial charge in [0, 0.05) is 29.2 Å². The molecule has 0 aliphatic carbocycles. The quantitative estimate of drug-likeness (QED) is 0.705. The van der Waals surface area contributed by atoms with Gasteiger partial charge in [0.25, 0.3) is 0 Å². The van der Waals surface area contributed by atoms with Gasteiger partial charge >= 0.3 is 0 Å². The molecular formula is C14H19Cl2N. The molecule has 1 heterocycles. The predicted molar refractivity (Wildman–Crippen MR) is 76.2 cm³/mol. The molecule has 0 amide bonds. The molecule has 0 radical (unpaired) electrons. The molecule has 1 nitrogen and oxygen atoms in total. The Bertz CT molecular complexity index is 392. The molecular weight excluding hydrogens is 253 g/mol. The molecule has 2 unspecified atom stereocenters. The third kappa shape index (κ3) is 2.89. The first-order chi connectivity index (χ1) is 8.11. The van der Waals surface area contributed by atoms with E-state index in [1.165, 1.54) is 18.5 Å². The van der Waals surface area contributed by atoms with Gasteiger partial charge in [-0.05, 0) is 49.4 Å². The highest BCUT2D eigenvalue weighted by Crippen LogP contribution is 2.32. The number of rotatable bonds is 2. The van der Waals surface area contributed by atoms with Crippen LogP contribution < -0.4 is 4.90 Å². The summed E-state index contributed by atoms with van der Waals surface area (Å²) in [6, 6.07) is 6.63. The van der Waals surface area contributed by atoms with Crippen LogP contribution in [-0.4, -0.2) is 12.6 Å². The number of hydrogen-bond acceptors (Lipinski definition) is 1. The number of hydrogen-bond donors (Lipinski definition) is 0. The minimum atomic E-state index is 0.522. The van der Waals surface area contributed by atoms with Crippen LogP contribution in [-0.2, 0) is 5.88 Å². The number of piperidine rings is 1. The zero-order valence-electron chi connectivity index (χ0n) is 10.4. The normalized spacial score (nSPS) is 25.1. The van der Waals surface area contributed by atoms with Crippen LogP contribution in [0.1, 0.15) is 32.3 Å². The van der Waals surface area contributed by atoms with Gasteiger partial charge in [0.15, 0.2) is 0 Å². The maximum atomic E-state index is 6.02. The molecule has 3 heteroatoms. The Hall–Kier alpha value is -0.400. The van der Waals surface area contributed by atoms with Gasteiger partial charge in [-0.3, -0.25) is 0 Å². The van der Waals surface area contributed by atoms with Crippen LogP contribution in [0.15, 0.2) is 18.2 Å². The van der Waals surface area contributed by atoms with Crippen molar-refractivity contribution >= 4 is 28.9 Å². The molecule has 2 atom stereocenters. The number of alkyl halides is 1. The molecule has 94 valence electrons. The smallest absolute Gasteiger partial charge is 0.0495 e. The maximum absolute atomic E-state index is 6.02. The van der Waals surface area contributed by atoms with E-state index in [4.69, 9.17) is 23.2 Å². The Kier molecular flexibility index (Phi) is 4.22. The highest BCUT2D eigenvalue weighted by molar-refractivity contribution is 6.30. The van der Waals surface area contributed by atoms with E-state index in [9.17, 15) is 0 Å². The zero-order valence-corrected chi connectivity index (χ0v) is 11.9. The molecule has 0 bridgehead atoms. The first-order valence-electron chi connectivity index (χ1n) is 6.23. The summed E-state index contributed by atoms with van der Waals surface area (Å²) in [6.45, 7) is 5.74. The van der Waals surface area contributed by atoms with Crippen LogP contribution in [0.2, 0.25) is 5.02 Å². The van der Waals surface area contributed by atoms with Crippen molar-refractivity contribution in [1.82, 2.24) is 0 Å². The van der Waals surface area contributed by atoms with Gasteiger partial charge in [-0.15, -0.1) is 11.6 Å². The average Bonchev–Trinajstić information content (AvgIpc) is 2.30. The molecule has 1 aromatic carbocycles. The average molecular weight is 272 g/mol. The molecule has 1 aromatic rings. The second kappa shape index (κ2) is 5.49. The summed E-state index contributed by atoms with van der Waals surface area (Å²) in [5.74, 6) is 1.35. The van der Waals surface area contributed by atoms with Crippen LogP contribution in [0.25, 0.3) is 0 Å². The third-order valence-corrected chi connectivity index (χ3v) is 4.16. The maximum Gasteiger partial charge on any atom is 0.0495 e. The lowest BCUT2D eigenvalue weighted by atomic mass is 9.92. The molecule has 0 saturated carbocycles. The Balaban J connectivity index is 2.27. The van der Waals surface area contributed by atoms with Crippen molar-refractivity contribution in [3.05, 3.63) is 28.8 Å². The Morgan fingerprint density at radius 1 is 1.35 bits per heavy atom. The fraction of sp³-hybridized carbons (Fsp3) is 0.571. The predicted octanol–water partition coefficient (Wildman–Crippen LogP) is 4.70.